The molecule has 0 saturated heterocycles. The first-order valence-corrected chi connectivity index (χ1v) is 10.3. The van der Waals surface area contributed by atoms with Crippen LogP contribution in [0.3, 0.4) is 0 Å². The van der Waals surface area contributed by atoms with E-state index in [4.69, 9.17) is 18.9 Å². The molecule has 0 N–H and O–H groups in total. The van der Waals surface area contributed by atoms with Crippen LogP contribution < -0.4 is 18.9 Å². The molecule has 3 rings (SSSR count). The van der Waals surface area contributed by atoms with Gasteiger partial charge in [0.2, 0.25) is 0 Å². The number of carbonyl (C=O) groups is 1. The van der Waals surface area contributed by atoms with Gasteiger partial charge in [-0.25, -0.2) is 4.79 Å². The van der Waals surface area contributed by atoms with E-state index in [0.29, 0.717) is 22.8 Å². The van der Waals surface area contributed by atoms with E-state index in [1.807, 2.05) is 44.2 Å². The largest absolute Gasteiger partial charge is 0.497 e. The zero-order valence-corrected chi connectivity index (χ0v) is 19.0. The number of carbonyl (C=O) groups excluding carboxylic acids is 1. The monoisotopic (exact) mass is 443 g/mol. The maximum Gasteiger partial charge on any atom is 0.349 e. The molecule has 6 nitrogen and oxygen atoms in total. The van der Waals surface area contributed by atoms with Crippen LogP contribution in [0.2, 0.25) is 0 Å². The van der Waals surface area contributed by atoms with Crippen LogP contribution in [0.1, 0.15) is 22.3 Å². The Morgan fingerprint density at radius 2 is 1.64 bits per heavy atom. The van der Waals surface area contributed by atoms with E-state index >= 15 is 0 Å². The second-order valence-electron chi connectivity index (χ2n) is 7.29. The lowest BCUT2D eigenvalue weighted by Crippen LogP contribution is -2.18. The zero-order chi connectivity index (χ0) is 23.8. The van der Waals surface area contributed by atoms with Crippen LogP contribution in [0, 0.1) is 25.2 Å². The molecule has 6 heteroatoms. The van der Waals surface area contributed by atoms with Crippen molar-refractivity contribution in [1.82, 2.24) is 0 Å². The normalized spacial score (nSPS) is 10.8. The van der Waals surface area contributed by atoms with Gasteiger partial charge in [0.15, 0.2) is 18.1 Å². The van der Waals surface area contributed by atoms with Crippen molar-refractivity contribution in [3.63, 3.8) is 0 Å². The van der Waals surface area contributed by atoms with E-state index < -0.39 is 5.97 Å². The summed E-state index contributed by atoms with van der Waals surface area (Å²) in [5.74, 6) is 1.48. The van der Waals surface area contributed by atoms with Gasteiger partial charge in [0.25, 0.3) is 0 Å². The molecule has 33 heavy (non-hydrogen) atoms. The van der Waals surface area contributed by atoms with Gasteiger partial charge in [-0.3, -0.25) is 0 Å². The van der Waals surface area contributed by atoms with Crippen LogP contribution in [0.25, 0.3) is 11.6 Å². The molecule has 0 aromatic heterocycles. The Kier molecular flexibility index (Phi) is 7.72. The molecule has 0 unspecified atom stereocenters. The van der Waals surface area contributed by atoms with Gasteiger partial charge in [-0.05, 0) is 78.6 Å². The lowest BCUT2D eigenvalue weighted by molar-refractivity contribution is -0.136. The summed E-state index contributed by atoms with van der Waals surface area (Å²) >= 11 is 0. The Bertz CT molecular complexity index is 1190. The highest BCUT2D eigenvalue weighted by molar-refractivity contribution is 5.90. The average molecular weight is 443 g/mol. The summed E-state index contributed by atoms with van der Waals surface area (Å²) < 4.78 is 21.7. The second kappa shape index (κ2) is 10.9. The minimum Gasteiger partial charge on any atom is -0.497 e. The summed E-state index contributed by atoms with van der Waals surface area (Å²) in [4.78, 5) is 12.4. The van der Waals surface area contributed by atoms with Gasteiger partial charge in [-0.1, -0.05) is 24.3 Å². The summed E-state index contributed by atoms with van der Waals surface area (Å²) in [5.41, 5.74) is 3.86. The van der Waals surface area contributed by atoms with E-state index in [1.165, 1.54) is 7.11 Å². The molecule has 168 valence electrons. The summed E-state index contributed by atoms with van der Waals surface area (Å²) in [6, 6.07) is 20.3. The number of aryl methyl sites for hydroxylation is 2. The maximum atomic E-state index is 12.4. The first-order chi connectivity index (χ1) is 15.9. The molecule has 0 fully saturated rings. The number of para-hydroxylation sites is 1. The predicted octanol–water partition coefficient (Wildman–Crippen LogP) is 5.37. The van der Waals surface area contributed by atoms with Crippen molar-refractivity contribution < 1.29 is 23.7 Å². The molecule has 0 amide bonds. The van der Waals surface area contributed by atoms with Crippen molar-refractivity contribution in [2.24, 2.45) is 0 Å². The van der Waals surface area contributed by atoms with E-state index in [-0.39, 0.29) is 12.4 Å². The number of benzene rings is 3. The standard InChI is InChI=1S/C27H25NO5/c1-18-6-5-7-19(2)27(18)32-17-26(29)33-24-13-8-20(15-25(24)31-4)14-22(16-28)21-9-11-23(30-3)12-10-21/h5-15H,17H2,1-4H3/b22-14-. The third kappa shape index (κ3) is 5.92. The number of hydrogen-bond acceptors (Lipinski definition) is 6. The number of allylic oxidation sites excluding steroid dienone is 1. The summed E-state index contributed by atoms with van der Waals surface area (Å²) in [6.45, 7) is 3.61. The second-order valence-corrected chi connectivity index (χ2v) is 7.29. The Hall–Kier alpha value is -4.24. The van der Waals surface area contributed by atoms with Crippen LogP contribution in [0.15, 0.2) is 60.7 Å². The van der Waals surface area contributed by atoms with Gasteiger partial charge >= 0.3 is 5.97 Å². The van der Waals surface area contributed by atoms with Crippen molar-refractivity contribution >= 4 is 17.6 Å². The molecule has 0 aliphatic carbocycles. The molecule has 0 heterocycles. The highest BCUT2D eigenvalue weighted by Gasteiger charge is 2.13. The molecule has 0 bridgehead atoms. The Labute approximate surface area is 193 Å². The highest BCUT2D eigenvalue weighted by atomic mass is 16.6. The number of esters is 1. The Balaban J connectivity index is 1.74. The van der Waals surface area contributed by atoms with E-state index in [2.05, 4.69) is 6.07 Å². The predicted molar refractivity (Wildman–Crippen MR) is 127 cm³/mol. The summed E-state index contributed by atoms with van der Waals surface area (Å²) in [5, 5.41) is 9.60. The lowest BCUT2D eigenvalue weighted by atomic mass is 10.0. The number of ether oxygens (including phenoxy) is 4. The molecule has 0 aliphatic heterocycles. The third-order valence-corrected chi connectivity index (χ3v) is 4.99. The van der Waals surface area contributed by atoms with Crippen molar-refractivity contribution in [2.75, 3.05) is 20.8 Å². The molecule has 0 atom stereocenters. The van der Waals surface area contributed by atoms with Crippen LogP contribution in [-0.4, -0.2) is 26.8 Å². The van der Waals surface area contributed by atoms with Crippen LogP contribution in [-0.2, 0) is 4.79 Å². The Morgan fingerprint density at radius 3 is 2.24 bits per heavy atom. The lowest BCUT2D eigenvalue weighted by Gasteiger charge is -2.13. The molecule has 0 radical (unpaired) electrons. The smallest absolute Gasteiger partial charge is 0.349 e. The SMILES string of the molecule is COc1ccc(/C(C#N)=C\c2ccc(OC(=O)COc3c(C)cccc3C)c(OC)c2)cc1. The zero-order valence-electron chi connectivity index (χ0n) is 19.0. The fraction of sp³-hybridized carbons (Fsp3) is 0.185. The minimum absolute atomic E-state index is 0.230. The fourth-order valence-electron chi connectivity index (χ4n) is 3.29. The maximum absolute atomic E-state index is 12.4. The van der Waals surface area contributed by atoms with Gasteiger partial charge in [-0.15, -0.1) is 0 Å². The van der Waals surface area contributed by atoms with Crippen LogP contribution >= 0.6 is 0 Å². The van der Waals surface area contributed by atoms with E-state index in [9.17, 15) is 10.1 Å². The fourth-order valence-corrected chi connectivity index (χ4v) is 3.29. The average Bonchev–Trinajstić information content (AvgIpc) is 2.83. The number of nitrogens with zero attached hydrogens (tertiary/aromatic N) is 1. The van der Waals surface area contributed by atoms with Gasteiger partial charge in [-0.2, -0.15) is 5.26 Å². The first-order valence-electron chi connectivity index (χ1n) is 10.3. The quantitative estimate of drug-likeness (QED) is 0.202. The number of hydrogen-bond donors (Lipinski definition) is 0. The van der Waals surface area contributed by atoms with Crippen LogP contribution in [0.4, 0.5) is 0 Å². The van der Waals surface area contributed by atoms with Gasteiger partial charge < -0.3 is 18.9 Å². The molecule has 0 saturated carbocycles. The van der Waals surface area contributed by atoms with Crippen LogP contribution in [0.5, 0.6) is 23.0 Å². The highest BCUT2D eigenvalue weighted by Crippen LogP contribution is 2.30. The molecular formula is C27H25NO5. The first kappa shape index (κ1) is 23.4. The van der Waals surface area contributed by atoms with Crippen molar-refractivity contribution in [3.05, 3.63) is 82.9 Å². The van der Waals surface area contributed by atoms with Crippen molar-refractivity contribution in [2.45, 2.75) is 13.8 Å². The van der Waals surface area contributed by atoms with Crippen molar-refractivity contribution in [1.29, 1.82) is 5.26 Å². The number of methoxy groups -OCH3 is 2. The minimum atomic E-state index is -0.546. The Morgan fingerprint density at radius 1 is 0.939 bits per heavy atom. The van der Waals surface area contributed by atoms with E-state index in [1.54, 1.807) is 43.5 Å². The third-order valence-electron chi connectivity index (χ3n) is 4.99. The molecule has 3 aromatic rings. The summed E-state index contributed by atoms with van der Waals surface area (Å²) in [7, 11) is 3.08. The molecule has 0 spiro atoms. The van der Waals surface area contributed by atoms with Gasteiger partial charge in [0.1, 0.15) is 11.5 Å². The van der Waals surface area contributed by atoms with Gasteiger partial charge in [0, 0.05) is 0 Å². The topological polar surface area (TPSA) is 77.8 Å². The van der Waals surface area contributed by atoms with Crippen molar-refractivity contribution in [3.8, 4) is 29.1 Å². The molecule has 0 aliphatic rings. The number of rotatable bonds is 8. The van der Waals surface area contributed by atoms with Gasteiger partial charge in [0.05, 0.1) is 25.9 Å². The number of nitriles is 1. The molecular weight excluding hydrogens is 418 g/mol. The molecule has 3 aromatic carbocycles. The summed E-state index contributed by atoms with van der Waals surface area (Å²) in [6.07, 6.45) is 1.74. The van der Waals surface area contributed by atoms with E-state index in [0.717, 1.165) is 22.3 Å².